The van der Waals surface area contributed by atoms with Crippen molar-refractivity contribution >= 4 is 28.3 Å². The van der Waals surface area contributed by atoms with Gasteiger partial charge in [0.1, 0.15) is 11.5 Å². The lowest BCUT2D eigenvalue weighted by molar-refractivity contribution is -0.192. The highest BCUT2D eigenvalue weighted by Gasteiger charge is 2.38. The lowest BCUT2D eigenvalue weighted by Gasteiger charge is -2.34. The lowest BCUT2D eigenvalue weighted by Crippen LogP contribution is -2.46. The number of nitrogens with zero attached hydrogens (tertiary/aromatic N) is 2. The molecule has 0 bridgehead atoms. The average molecular weight is 548 g/mol. The summed E-state index contributed by atoms with van der Waals surface area (Å²) in [6.07, 6.45) is -4.64. The largest absolute Gasteiger partial charge is 0.497 e. The fraction of sp³-hybridized carbons (Fsp3) is 0.357. The summed E-state index contributed by atoms with van der Waals surface area (Å²) in [5, 5.41) is 12.7. The van der Waals surface area contributed by atoms with E-state index in [2.05, 4.69) is 57.6 Å². The smallest absolute Gasteiger partial charge is 0.490 e. The molecule has 1 aliphatic heterocycles. The fourth-order valence-electron chi connectivity index (χ4n) is 4.23. The molecule has 1 saturated heterocycles. The SMILES string of the molecule is COc1ccc(OC)c(NC(=O)CCN2CCN(Cc3cccc4ccccc34)CC2)c1.O=C(O)C(F)(F)F. The van der Waals surface area contributed by atoms with Gasteiger partial charge >= 0.3 is 12.1 Å². The van der Waals surface area contributed by atoms with Crippen molar-refractivity contribution in [3.63, 3.8) is 0 Å². The molecule has 1 amide bonds. The highest BCUT2D eigenvalue weighted by molar-refractivity contribution is 5.92. The third-order valence-electron chi connectivity index (χ3n) is 6.32. The predicted octanol–water partition coefficient (Wildman–Crippen LogP) is 4.64. The van der Waals surface area contributed by atoms with Crippen LogP contribution in [0.5, 0.6) is 11.5 Å². The van der Waals surface area contributed by atoms with Crippen LogP contribution in [-0.4, -0.2) is 79.9 Å². The van der Waals surface area contributed by atoms with Crippen LogP contribution in [0.4, 0.5) is 18.9 Å². The van der Waals surface area contributed by atoms with Crippen molar-refractivity contribution in [3.8, 4) is 11.5 Å². The Morgan fingerprint density at radius 1 is 0.923 bits per heavy atom. The van der Waals surface area contributed by atoms with Crippen LogP contribution >= 0.6 is 0 Å². The highest BCUT2D eigenvalue weighted by Crippen LogP contribution is 2.29. The molecular weight excluding hydrogens is 515 g/mol. The molecule has 210 valence electrons. The summed E-state index contributed by atoms with van der Waals surface area (Å²) in [5.41, 5.74) is 2.01. The number of alkyl halides is 3. The summed E-state index contributed by atoms with van der Waals surface area (Å²) in [6, 6.07) is 20.5. The van der Waals surface area contributed by atoms with Gasteiger partial charge in [-0.05, 0) is 28.5 Å². The summed E-state index contributed by atoms with van der Waals surface area (Å²) in [6.45, 7) is 5.68. The van der Waals surface area contributed by atoms with E-state index in [-0.39, 0.29) is 5.91 Å². The van der Waals surface area contributed by atoms with Crippen LogP contribution in [0, 0.1) is 0 Å². The molecule has 4 rings (SSSR count). The molecule has 2 N–H and O–H groups in total. The standard InChI is InChI=1S/C26H31N3O3.C2HF3O2/c1-31-22-10-11-25(32-2)24(18-22)27-26(30)12-13-28-14-16-29(17-15-28)19-21-8-5-7-20-6-3-4-9-23(20)21;3-2(4,5)1(6)7/h3-11,18H,12-17,19H2,1-2H3,(H,27,30);(H,6,7). The molecule has 0 aromatic heterocycles. The van der Waals surface area contributed by atoms with E-state index in [1.807, 2.05) is 6.07 Å². The Kier molecular flexibility index (Phi) is 10.5. The molecule has 0 saturated carbocycles. The zero-order chi connectivity index (χ0) is 28.4. The molecule has 1 heterocycles. The number of nitrogens with one attached hydrogen (secondary N) is 1. The van der Waals surface area contributed by atoms with Crippen molar-refractivity contribution in [2.24, 2.45) is 0 Å². The number of ether oxygens (including phenoxy) is 2. The number of halogens is 3. The Labute approximate surface area is 224 Å². The Balaban J connectivity index is 0.000000532. The zero-order valence-electron chi connectivity index (χ0n) is 21.8. The van der Waals surface area contributed by atoms with E-state index >= 15 is 0 Å². The van der Waals surface area contributed by atoms with E-state index in [1.54, 1.807) is 26.4 Å². The first kappa shape index (κ1) is 29.7. The average Bonchev–Trinajstić information content (AvgIpc) is 2.92. The maximum absolute atomic E-state index is 12.5. The predicted molar refractivity (Wildman–Crippen MR) is 142 cm³/mol. The Hall–Kier alpha value is -3.83. The first-order valence-corrected chi connectivity index (χ1v) is 12.3. The van der Waals surface area contributed by atoms with Gasteiger partial charge in [0.25, 0.3) is 0 Å². The number of carboxylic acid groups (broad SMARTS) is 1. The second-order valence-corrected chi connectivity index (χ2v) is 8.92. The number of fused-ring (bicyclic) bond motifs is 1. The van der Waals surface area contributed by atoms with Crippen molar-refractivity contribution in [2.75, 3.05) is 52.3 Å². The number of piperazine rings is 1. The first-order chi connectivity index (χ1) is 18.6. The molecule has 0 aliphatic carbocycles. The maximum atomic E-state index is 12.5. The molecular formula is C28H32F3N3O5. The van der Waals surface area contributed by atoms with Crippen molar-refractivity contribution in [1.82, 2.24) is 9.80 Å². The van der Waals surface area contributed by atoms with Crippen LogP contribution in [0.2, 0.25) is 0 Å². The molecule has 1 aliphatic rings. The quantitative estimate of drug-likeness (QED) is 0.425. The Bertz CT molecular complexity index is 1260. The first-order valence-electron chi connectivity index (χ1n) is 12.3. The van der Waals surface area contributed by atoms with Gasteiger partial charge in [-0.2, -0.15) is 13.2 Å². The third kappa shape index (κ3) is 8.86. The molecule has 11 heteroatoms. The normalized spacial score (nSPS) is 14.3. The summed E-state index contributed by atoms with van der Waals surface area (Å²) in [4.78, 5) is 26.3. The number of hydrogen-bond acceptors (Lipinski definition) is 6. The van der Waals surface area contributed by atoms with Crippen LogP contribution in [0.1, 0.15) is 12.0 Å². The molecule has 0 radical (unpaired) electrons. The van der Waals surface area contributed by atoms with E-state index < -0.39 is 12.1 Å². The number of methoxy groups -OCH3 is 2. The topological polar surface area (TPSA) is 91.3 Å². The van der Waals surface area contributed by atoms with Crippen molar-refractivity contribution in [2.45, 2.75) is 19.1 Å². The van der Waals surface area contributed by atoms with Crippen LogP contribution < -0.4 is 14.8 Å². The second-order valence-electron chi connectivity index (χ2n) is 8.92. The van der Waals surface area contributed by atoms with Gasteiger partial charge in [-0.25, -0.2) is 4.79 Å². The van der Waals surface area contributed by atoms with Crippen LogP contribution in [0.15, 0.2) is 60.7 Å². The summed E-state index contributed by atoms with van der Waals surface area (Å²) in [7, 11) is 3.20. The van der Waals surface area contributed by atoms with Gasteiger partial charge in [0.15, 0.2) is 0 Å². The number of anilines is 1. The molecule has 0 atom stereocenters. The van der Waals surface area contributed by atoms with Gasteiger partial charge in [0, 0.05) is 51.8 Å². The molecule has 8 nitrogen and oxygen atoms in total. The number of benzene rings is 3. The van der Waals surface area contributed by atoms with Crippen LogP contribution in [0.3, 0.4) is 0 Å². The van der Waals surface area contributed by atoms with Gasteiger partial charge < -0.3 is 24.8 Å². The number of carbonyl (C=O) groups is 2. The number of carboxylic acids is 1. The van der Waals surface area contributed by atoms with E-state index in [0.29, 0.717) is 23.6 Å². The molecule has 39 heavy (non-hydrogen) atoms. The highest BCUT2D eigenvalue weighted by atomic mass is 19.4. The third-order valence-corrected chi connectivity index (χ3v) is 6.32. The van der Waals surface area contributed by atoms with Crippen LogP contribution in [0.25, 0.3) is 10.8 Å². The molecule has 0 spiro atoms. The number of aliphatic carboxylic acids is 1. The Morgan fingerprint density at radius 2 is 1.56 bits per heavy atom. The summed E-state index contributed by atoms with van der Waals surface area (Å²) in [5.74, 6) is -1.47. The number of carbonyl (C=O) groups excluding carboxylic acids is 1. The minimum Gasteiger partial charge on any atom is -0.497 e. The molecule has 3 aromatic carbocycles. The fourth-order valence-corrected chi connectivity index (χ4v) is 4.23. The second kappa shape index (κ2) is 13.8. The van der Waals surface area contributed by atoms with Gasteiger partial charge in [0.05, 0.1) is 19.9 Å². The van der Waals surface area contributed by atoms with Gasteiger partial charge in [-0.15, -0.1) is 0 Å². The van der Waals surface area contributed by atoms with Crippen molar-refractivity contribution < 1.29 is 37.3 Å². The number of hydrogen-bond donors (Lipinski definition) is 2. The monoisotopic (exact) mass is 547 g/mol. The summed E-state index contributed by atoms with van der Waals surface area (Å²) >= 11 is 0. The van der Waals surface area contributed by atoms with Gasteiger partial charge in [-0.3, -0.25) is 9.69 Å². The van der Waals surface area contributed by atoms with E-state index in [9.17, 15) is 18.0 Å². The maximum Gasteiger partial charge on any atom is 0.490 e. The Morgan fingerprint density at radius 3 is 2.21 bits per heavy atom. The van der Waals surface area contributed by atoms with Crippen LogP contribution in [-0.2, 0) is 16.1 Å². The van der Waals surface area contributed by atoms with E-state index in [1.165, 1.54) is 16.3 Å². The van der Waals surface area contributed by atoms with Crippen molar-refractivity contribution in [1.29, 1.82) is 0 Å². The minimum absolute atomic E-state index is 0.0188. The van der Waals surface area contributed by atoms with Gasteiger partial charge in [-0.1, -0.05) is 42.5 Å². The van der Waals surface area contributed by atoms with Crippen molar-refractivity contribution in [3.05, 3.63) is 66.2 Å². The summed E-state index contributed by atoms with van der Waals surface area (Å²) < 4.78 is 42.3. The number of rotatable bonds is 8. The van der Waals surface area contributed by atoms with E-state index in [0.717, 1.165) is 39.3 Å². The minimum atomic E-state index is -5.08. The molecule has 0 unspecified atom stereocenters. The van der Waals surface area contributed by atoms with E-state index in [4.69, 9.17) is 19.4 Å². The molecule has 1 fully saturated rings. The zero-order valence-corrected chi connectivity index (χ0v) is 21.8. The molecule has 3 aromatic rings. The number of amides is 1. The lowest BCUT2D eigenvalue weighted by atomic mass is 10.0. The van der Waals surface area contributed by atoms with Gasteiger partial charge in [0.2, 0.25) is 5.91 Å².